The summed E-state index contributed by atoms with van der Waals surface area (Å²) < 4.78 is 0. The van der Waals surface area contributed by atoms with Crippen LogP contribution in [0.5, 0.6) is 0 Å². The Morgan fingerprint density at radius 2 is 1.83 bits per heavy atom. The van der Waals surface area contributed by atoms with Crippen molar-refractivity contribution in [3.8, 4) is 0 Å². The molecule has 0 saturated carbocycles. The van der Waals surface area contributed by atoms with Crippen molar-refractivity contribution in [2.75, 3.05) is 5.32 Å². The van der Waals surface area contributed by atoms with Crippen molar-refractivity contribution in [1.82, 2.24) is 5.32 Å². The monoisotopic (exact) mass is 340 g/mol. The number of carboxylic acids is 1. The second-order valence-electron chi connectivity index (χ2n) is 5.07. The van der Waals surface area contributed by atoms with Crippen molar-refractivity contribution in [3.05, 3.63) is 71.3 Å². The third-order valence-corrected chi connectivity index (χ3v) is 3.31. The molecule has 2 aromatic rings. The molecule has 0 saturated heterocycles. The molecule has 0 aromatic heterocycles. The van der Waals surface area contributed by atoms with E-state index in [1.165, 1.54) is 6.08 Å². The molecule has 3 N–H and O–H groups in total. The summed E-state index contributed by atoms with van der Waals surface area (Å²) in [7, 11) is 0. The number of hydrogen-bond donors (Lipinski definition) is 3. The van der Waals surface area contributed by atoms with Crippen LogP contribution in [0.4, 0.5) is 5.69 Å². The van der Waals surface area contributed by atoms with Crippen LogP contribution < -0.4 is 10.6 Å². The average molecular weight is 340 g/mol. The molecule has 0 aliphatic heterocycles. The maximum Gasteiger partial charge on any atom is 0.328 e. The molecule has 0 heterocycles. The first-order valence-electron chi connectivity index (χ1n) is 7.14. The fourth-order valence-electron chi connectivity index (χ4n) is 1.93. The summed E-state index contributed by atoms with van der Waals surface area (Å²) in [6.07, 6.45) is 2.53. The number of aliphatic carboxylic acids is 1. The van der Waals surface area contributed by atoms with Gasteiger partial charge in [0.15, 0.2) is 5.11 Å². The summed E-state index contributed by atoms with van der Waals surface area (Å²) in [5, 5.41) is 14.3. The number of carboxylic acid groups (broad SMARTS) is 1. The summed E-state index contributed by atoms with van der Waals surface area (Å²) in [6.45, 7) is 1.94. The lowest BCUT2D eigenvalue weighted by atomic mass is 10.1. The van der Waals surface area contributed by atoms with Gasteiger partial charge in [-0.05, 0) is 55.0 Å². The predicted molar refractivity (Wildman–Crippen MR) is 98.0 cm³/mol. The van der Waals surface area contributed by atoms with Gasteiger partial charge in [0.2, 0.25) is 0 Å². The van der Waals surface area contributed by atoms with E-state index in [2.05, 4.69) is 10.6 Å². The van der Waals surface area contributed by atoms with Gasteiger partial charge in [0.05, 0.1) is 0 Å². The number of amides is 1. The second kappa shape index (κ2) is 8.03. The van der Waals surface area contributed by atoms with Gasteiger partial charge >= 0.3 is 5.97 Å². The Morgan fingerprint density at radius 3 is 2.50 bits per heavy atom. The Balaban J connectivity index is 1.99. The second-order valence-corrected chi connectivity index (χ2v) is 5.48. The molecule has 0 aliphatic rings. The summed E-state index contributed by atoms with van der Waals surface area (Å²) >= 11 is 5.13. The number of carbonyl (C=O) groups is 2. The smallest absolute Gasteiger partial charge is 0.328 e. The van der Waals surface area contributed by atoms with Crippen LogP contribution in [0.1, 0.15) is 21.5 Å². The van der Waals surface area contributed by atoms with Crippen LogP contribution in [0.2, 0.25) is 0 Å². The van der Waals surface area contributed by atoms with Gasteiger partial charge in [-0.15, -0.1) is 0 Å². The summed E-state index contributed by atoms with van der Waals surface area (Å²) in [6, 6.07) is 14.2. The van der Waals surface area contributed by atoms with Gasteiger partial charge in [0.1, 0.15) is 0 Å². The van der Waals surface area contributed by atoms with Gasteiger partial charge < -0.3 is 10.4 Å². The summed E-state index contributed by atoms with van der Waals surface area (Å²) in [5.41, 5.74) is 2.94. The van der Waals surface area contributed by atoms with Crippen molar-refractivity contribution in [3.63, 3.8) is 0 Å². The topological polar surface area (TPSA) is 78.4 Å². The Hall–Kier alpha value is -2.99. The van der Waals surface area contributed by atoms with E-state index in [0.717, 1.165) is 11.6 Å². The van der Waals surface area contributed by atoms with Crippen molar-refractivity contribution in [2.45, 2.75) is 6.92 Å². The van der Waals surface area contributed by atoms with Crippen molar-refractivity contribution >= 4 is 41.0 Å². The Kier molecular flexibility index (Phi) is 5.81. The molecule has 0 fully saturated rings. The average Bonchev–Trinajstić information content (AvgIpc) is 2.53. The van der Waals surface area contributed by atoms with Gasteiger partial charge in [0.25, 0.3) is 5.91 Å². The molecule has 0 atom stereocenters. The highest BCUT2D eigenvalue weighted by molar-refractivity contribution is 7.80. The molecular formula is C18H16N2O3S. The van der Waals surface area contributed by atoms with Crippen molar-refractivity contribution in [2.24, 2.45) is 0 Å². The first-order chi connectivity index (χ1) is 11.4. The van der Waals surface area contributed by atoms with E-state index < -0.39 is 5.97 Å². The van der Waals surface area contributed by atoms with E-state index in [0.29, 0.717) is 16.8 Å². The molecule has 24 heavy (non-hydrogen) atoms. The highest BCUT2D eigenvalue weighted by Gasteiger charge is 2.07. The minimum absolute atomic E-state index is 0.167. The zero-order valence-electron chi connectivity index (χ0n) is 12.9. The van der Waals surface area contributed by atoms with Gasteiger partial charge in [-0.25, -0.2) is 4.79 Å². The number of nitrogens with one attached hydrogen (secondary N) is 2. The highest BCUT2D eigenvalue weighted by atomic mass is 32.1. The number of hydrogen-bond acceptors (Lipinski definition) is 3. The molecule has 6 heteroatoms. The predicted octanol–water partition coefficient (Wildman–Crippen LogP) is 3.22. The fraction of sp³-hybridized carbons (Fsp3) is 0.0556. The number of anilines is 1. The summed E-state index contributed by atoms with van der Waals surface area (Å²) in [4.78, 5) is 22.6. The normalized spacial score (nSPS) is 10.4. The third kappa shape index (κ3) is 5.33. The Bertz CT molecular complexity index is 798. The van der Waals surface area contributed by atoms with Gasteiger partial charge in [-0.2, -0.15) is 0 Å². The van der Waals surface area contributed by atoms with E-state index in [-0.39, 0.29) is 11.0 Å². The van der Waals surface area contributed by atoms with Crippen molar-refractivity contribution in [1.29, 1.82) is 0 Å². The van der Waals surface area contributed by atoms with Crippen LogP contribution in [-0.2, 0) is 4.79 Å². The molecule has 0 spiro atoms. The number of carbonyl (C=O) groups excluding carboxylic acids is 1. The molecule has 1 amide bonds. The number of aryl methyl sites for hydroxylation is 1. The zero-order chi connectivity index (χ0) is 17.5. The first-order valence-corrected chi connectivity index (χ1v) is 7.55. The van der Waals surface area contributed by atoms with E-state index in [1.54, 1.807) is 36.4 Å². The standard InChI is InChI=1S/C18H16N2O3S/c1-12-5-8-14(9-6-12)17(23)20-18(24)19-15-4-2-3-13(11-15)7-10-16(21)22/h2-11H,1H3,(H,21,22)(H2,19,20,23,24)/b10-7+. The molecule has 0 bridgehead atoms. The van der Waals surface area contributed by atoms with Crippen molar-refractivity contribution < 1.29 is 14.7 Å². The minimum Gasteiger partial charge on any atom is -0.478 e. The summed E-state index contributed by atoms with van der Waals surface area (Å²) in [5.74, 6) is -1.32. The number of rotatable bonds is 4. The Morgan fingerprint density at radius 1 is 1.12 bits per heavy atom. The maximum absolute atomic E-state index is 12.1. The van der Waals surface area contributed by atoms with Crippen LogP contribution in [0.15, 0.2) is 54.6 Å². The lowest BCUT2D eigenvalue weighted by Crippen LogP contribution is -2.34. The lowest BCUT2D eigenvalue weighted by molar-refractivity contribution is -0.131. The Labute approximate surface area is 145 Å². The van der Waals surface area contributed by atoms with E-state index >= 15 is 0 Å². The van der Waals surface area contributed by atoms with Crippen LogP contribution >= 0.6 is 12.2 Å². The van der Waals surface area contributed by atoms with Crippen LogP contribution in [0, 0.1) is 6.92 Å². The third-order valence-electron chi connectivity index (χ3n) is 3.10. The van der Waals surface area contributed by atoms with E-state index in [4.69, 9.17) is 17.3 Å². The molecule has 0 aliphatic carbocycles. The highest BCUT2D eigenvalue weighted by Crippen LogP contribution is 2.12. The van der Waals surface area contributed by atoms with Crippen LogP contribution in [-0.4, -0.2) is 22.1 Å². The maximum atomic E-state index is 12.1. The quantitative estimate of drug-likeness (QED) is 0.588. The first kappa shape index (κ1) is 17.4. The molecule has 5 nitrogen and oxygen atoms in total. The van der Waals surface area contributed by atoms with Gasteiger partial charge in [0, 0.05) is 17.3 Å². The molecular weight excluding hydrogens is 324 g/mol. The van der Waals surface area contributed by atoms with Gasteiger partial charge in [-0.1, -0.05) is 29.8 Å². The van der Waals surface area contributed by atoms with E-state index in [1.807, 2.05) is 19.1 Å². The van der Waals surface area contributed by atoms with Crippen LogP contribution in [0.3, 0.4) is 0 Å². The SMILES string of the molecule is Cc1ccc(C(=O)NC(=S)Nc2cccc(/C=C/C(=O)O)c2)cc1. The van der Waals surface area contributed by atoms with Crippen LogP contribution in [0.25, 0.3) is 6.08 Å². The molecule has 0 unspecified atom stereocenters. The number of thiocarbonyl (C=S) groups is 1. The number of benzene rings is 2. The minimum atomic E-state index is -1.02. The molecule has 122 valence electrons. The largest absolute Gasteiger partial charge is 0.478 e. The molecule has 2 rings (SSSR count). The fourth-order valence-corrected chi connectivity index (χ4v) is 2.14. The molecule has 0 radical (unpaired) electrons. The zero-order valence-corrected chi connectivity index (χ0v) is 13.8. The van der Waals surface area contributed by atoms with E-state index in [9.17, 15) is 9.59 Å². The van der Waals surface area contributed by atoms with Gasteiger partial charge in [-0.3, -0.25) is 10.1 Å². The molecule has 2 aromatic carbocycles. The lowest BCUT2D eigenvalue weighted by Gasteiger charge is -2.10.